The normalized spacial score (nSPS) is 10.9. The minimum Gasteiger partial charge on any atom is -0.308 e. The van der Waals surface area contributed by atoms with E-state index in [0.717, 1.165) is 27.9 Å². The molecular formula is C22H21FN4O. The number of hydrogen-bond donors (Lipinski definition) is 2. The maximum atomic E-state index is 13.8. The fourth-order valence-electron chi connectivity index (χ4n) is 2.87. The van der Waals surface area contributed by atoms with E-state index in [4.69, 9.17) is 0 Å². The molecule has 28 heavy (non-hydrogen) atoms. The number of hydrogen-bond acceptors (Lipinski definition) is 3. The number of benzene rings is 2. The lowest BCUT2D eigenvalue weighted by atomic mass is 10.00. The van der Waals surface area contributed by atoms with Gasteiger partial charge in [-0.3, -0.25) is 9.98 Å². The van der Waals surface area contributed by atoms with Gasteiger partial charge in [0, 0.05) is 36.4 Å². The van der Waals surface area contributed by atoms with Crippen LogP contribution >= 0.6 is 0 Å². The van der Waals surface area contributed by atoms with Crippen LogP contribution in [-0.4, -0.2) is 24.3 Å². The number of amides is 2. The van der Waals surface area contributed by atoms with Crippen molar-refractivity contribution in [1.29, 1.82) is 0 Å². The van der Waals surface area contributed by atoms with Gasteiger partial charge in [0.25, 0.3) is 0 Å². The molecule has 0 aliphatic heterocycles. The van der Waals surface area contributed by atoms with Crippen molar-refractivity contribution in [3.8, 4) is 11.1 Å². The zero-order valence-electron chi connectivity index (χ0n) is 16.0. The molecule has 3 aromatic rings. The molecule has 1 heterocycles. The standard InChI is InChI=1S/C22H21FN4O/c1-14-4-9-20(23)21(12-14)27-22(28)26-17-7-5-16(6-8-17)18-10-11-25-15(2)19(18)13-24-3/h4-13H,1-3H3,(H2,26,27,28). The Morgan fingerprint density at radius 1 is 1.07 bits per heavy atom. The molecule has 0 saturated heterocycles. The Morgan fingerprint density at radius 2 is 1.82 bits per heavy atom. The average Bonchev–Trinajstić information content (AvgIpc) is 2.67. The SMILES string of the molecule is CN=Cc1c(-c2ccc(NC(=O)Nc3cc(C)ccc3F)cc2)ccnc1C. The number of aromatic nitrogens is 1. The number of pyridine rings is 1. The summed E-state index contributed by atoms with van der Waals surface area (Å²) in [7, 11) is 1.72. The highest BCUT2D eigenvalue weighted by Crippen LogP contribution is 2.25. The van der Waals surface area contributed by atoms with Crippen molar-refractivity contribution in [2.24, 2.45) is 4.99 Å². The first-order valence-electron chi connectivity index (χ1n) is 8.80. The van der Waals surface area contributed by atoms with E-state index in [1.807, 2.05) is 32.0 Å². The Morgan fingerprint density at radius 3 is 2.54 bits per heavy atom. The Hall–Kier alpha value is -3.54. The van der Waals surface area contributed by atoms with Crippen LogP contribution in [0.3, 0.4) is 0 Å². The van der Waals surface area contributed by atoms with Gasteiger partial charge in [0.1, 0.15) is 5.82 Å². The maximum Gasteiger partial charge on any atom is 0.323 e. The first-order chi connectivity index (χ1) is 13.5. The number of carbonyl (C=O) groups excluding carboxylic acids is 1. The third-order valence-corrected chi connectivity index (χ3v) is 4.27. The van der Waals surface area contributed by atoms with Crippen LogP contribution in [0.5, 0.6) is 0 Å². The Bertz CT molecular complexity index is 1030. The molecule has 2 amide bonds. The van der Waals surface area contributed by atoms with Crippen LogP contribution in [0.15, 0.2) is 59.7 Å². The minimum atomic E-state index is -0.504. The van der Waals surface area contributed by atoms with Gasteiger partial charge < -0.3 is 10.6 Å². The molecule has 5 nitrogen and oxygen atoms in total. The molecule has 0 fully saturated rings. The number of halogens is 1. The van der Waals surface area contributed by atoms with E-state index in [0.29, 0.717) is 5.69 Å². The molecule has 3 rings (SSSR count). The third-order valence-electron chi connectivity index (χ3n) is 4.27. The molecule has 6 heteroatoms. The fraction of sp³-hybridized carbons (Fsp3) is 0.136. The molecule has 0 saturated carbocycles. The number of nitrogens with zero attached hydrogens (tertiary/aromatic N) is 2. The second-order valence-electron chi connectivity index (χ2n) is 6.38. The smallest absolute Gasteiger partial charge is 0.308 e. The van der Waals surface area contributed by atoms with Crippen molar-refractivity contribution in [2.75, 3.05) is 17.7 Å². The Balaban J connectivity index is 1.76. The summed E-state index contributed by atoms with van der Waals surface area (Å²) in [6.07, 6.45) is 3.54. The third kappa shape index (κ3) is 4.40. The largest absolute Gasteiger partial charge is 0.323 e. The summed E-state index contributed by atoms with van der Waals surface area (Å²) in [6.45, 7) is 3.77. The highest BCUT2D eigenvalue weighted by atomic mass is 19.1. The van der Waals surface area contributed by atoms with Crippen molar-refractivity contribution in [1.82, 2.24) is 4.98 Å². The van der Waals surface area contributed by atoms with E-state index in [1.54, 1.807) is 43.7 Å². The Kier molecular flexibility index (Phi) is 5.79. The molecule has 2 N–H and O–H groups in total. The zero-order valence-corrected chi connectivity index (χ0v) is 16.0. The van der Waals surface area contributed by atoms with E-state index in [-0.39, 0.29) is 5.69 Å². The van der Waals surface area contributed by atoms with Crippen molar-refractivity contribution in [3.63, 3.8) is 0 Å². The molecule has 142 valence electrons. The molecule has 0 bridgehead atoms. The Labute approximate surface area is 163 Å². The second-order valence-corrected chi connectivity index (χ2v) is 6.38. The van der Waals surface area contributed by atoms with Crippen LogP contribution in [0, 0.1) is 19.7 Å². The van der Waals surface area contributed by atoms with Crippen LogP contribution in [0.1, 0.15) is 16.8 Å². The number of rotatable bonds is 4. The number of aliphatic imine (C=N–C) groups is 1. The molecule has 0 atom stereocenters. The zero-order chi connectivity index (χ0) is 20.1. The van der Waals surface area contributed by atoms with Gasteiger partial charge in [-0.25, -0.2) is 9.18 Å². The molecule has 0 aliphatic carbocycles. The summed E-state index contributed by atoms with van der Waals surface area (Å²) in [4.78, 5) is 20.6. The summed E-state index contributed by atoms with van der Waals surface area (Å²) >= 11 is 0. The van der Waals surface area contributed by atoms with Crippen molar-refractivity contribution < 1.29 is 9.18 Å². The predicted molar refractivity (Wildman–Crippen MR) is 112 cm³/mol. The van der Waals surface area contributed by atoms with Gasteiger partial charge in [-0.2, -0.15) is 0 Å². The summed E-state index contributed by atoms with van der Waals surface area (Å²) in [5.74, 6) is -0.478. The van der Waals surface area contributed by atoms with Crippen LogP contribution in [0.2, 0.25) is 0 Å². The summed E-state index contributed by atoms with van der Waals surface area (Å²) in [5.41, 5.74) is 5.45. The van der Waals surface area contributed by atoms with E-state index in [9.17, 15) is 9.18 Å². The van der Waals surface area contributed by atoms with Gasteiger partial charge in [-0.15, -0.1) is 0 Å². The molecular weight excluding hydrogens is 355 g/mol. The molecule has 1 aromatic heterocycles. The first-order valence-corrected chi connectivity index (χ1v) is 8.80. The fourth-order valence-corrected chi connectivity index (χ4v) is 2.87. The topological polar surface area (TPSA) is 66.4 Å². The van der Waals surface area contributed by atoms with Crippen LogP contribution < -0.4 is 10.6 Å². The van der Waals surface area contributed by atoms with Gasteiger partial charge in [0.2, 0.25) is 0 Å². The highest BCUT2D eigenvalue weighted by molar-refractivity contribution is 6.00. The maximum absolute atomic E-state index is 13.8. The van der Waals surface area contributed by atoms with E-state index in [1.165, 1.54) is 6.07 Å². The van der Waals surface area contributed by atoms with Crippen molar-refractivity contribution in [2.45, 2.75) is 13.8 Å². The monoisotopic (exact) mass is 376 g/mol. The number of nitrogens with one attached hydrogen (secondary N) is 2. The van der Waals surface area contributed by atoms with E-state index >= 15 is 0 Å². The molecule has 0 aliphatic rings. The average molecular weight is 376 g/mol. The molecule has 0 unspecified atom stereocenters. The van der Waals surface area contributed by atoms with Crippen LogP contribution in [-0.2, 0) is 0 Å². The lowest BCUT2D eigenvalue weighted by Gasteiger charge is -2.11. The lowest BCUT2D eigenvalue weighted by molar-refractivity contribution is 0.262. The summed E-state index contributed by atoms with van der Waals surface area (Å²) < 4.78 is 13.8. The lowest BCUT2D eigenvalue weighted by Crippen LogP contribution is -2.20. The van der Waals surface area contributed by atoms with Crippen LogP contribution in [0.25, 0.3) is 11.1 Å². The molecule has 2 aromatic carbocycles. The molecule has 0 spiro atoms. The van der Waals surface area contributed by atoms with Gasteiger partial charge in [-0.1, -0.05) is 18.2 Å². The van der Waals surface area contributed by atoms with E-state index < -0.39 is 11.8 Å². The number of anilines is 2. The summed E-state index contributed by atoms with van der Waals surface area (Å²) in [6, 6.07) is 13.4. The summed E-state index contributed by atoms with van der Waals surface area (Å²) in [5, 5.41) is 5.24. The quantitative estimate of drug-likeness (QED) is 0.615. The second kappa shape index (κ2) is 8.43. The predicted octanol–water partition coefficient (Wildman–Crippen LogP) is 5.20. The van der Waals surface area contributed by atoms with Gasteiger partial charge >= 0.3 is 6.03 Å². The number of aryl methyl sites for hydroxylation is 2. The minimum absolute atomic E-state index is 0.143. The molecule has 0 radical (unpaired) electrons. The highest BCUT2D eigenvalue weighted by Gasteiger charge is 2.09. The number of carbonyl (C=O) groups is 1. The van der Waals surface area contributed by atoms with Gasteiger partial charge in [0.15, 0.2) is 0 Å². The van der Waals surface area contributed by atoms with Crippen LogP contribution in [0.4, 0.5) is 20.6 Å². The first kappa shape index (κ1) is 19.2. The van der Waals surface area contributed by atoms with Gasteiger partial charge in [0.05, 0.1) is 5.69 Å². The van der Waals surface area contributed by atoms with Gasteiger partial charge in [-0.05, 0) is 60.9 Å². The van der Waals surface area contributed by atoms with Crippen molar-refractivity contribution in [3.05, 3.63) is 77.4 Å². The van der Waals surface area contributed by atoms with E-state index in [2.05, 4.69) is 20.6 Å². The number of urea groups is 1. The van der Waals surface area contributed by atoms with Crippen molar-refractivity contribution >= 4 is 23.6 Å².